The molecule has 0 amide bonds. The molecule has 0 spiro atoms. The van der Waals surface area contributed by atoms with Gasteiger partial charge in [0.15, 0.2) is 0 Å². The van der Waals surface area contributed by atoms with Crippen molar-refractivity contribution in [2.24, 2.45) is 5.11 Å². The Morgan fingerprint density at radius 3 is 2.00 bits per heavy atom. The van der Waals surface area contributed by atoms with Crippen molar-refractivity contribution < 1.29 is 0 Å². The van der Waals surface area contributed by atoms with Crippen molar-refractivity contribution in [1.82, 2.24) is 0 Å². The summed E-state index contributed by atoms with van der Waals surface area (Å²) >= 11 is 0. The molecule has 3 nitrogen and oxygen atoms in total. The quantitative estimate of drug-likeness (QED) is 0.389. The van der Waals surface area contributed by atoms with Crippen molar-refractivity contribution >= 4 is 0 Å². The topological polar surface area (TPSA) is 48.8 Å². The zero-order valence-electron chi connectivity index (χ0n) is 8.81. The Morgan fingerprint density at radius 2 is 1.57 bits per heavy atom. The molecule has 0 saturated carbocycles. The highest BCUT2D eigenvalue weighted by atomic mass is 15.1. The molecule has 74 valence electrons. The van der Waals surface area contributed by atoms with E-state index in [1.165, 1.54) is 5.56 Å². The van der Waals surface area contributed by atoms with E-state index in [0.29, 0.717) is 5.92 Å². The first kappa shape index (κ1) is 10.6. The smallest absolute Gasteiger partial charge is 0.0597 e. The molecular weight excluding hydrogens is 174 g/mol. The summed E-state index contributed by atoms with van der Waals surface area (Å²) in [4.78, 5) is 2.79. The molecule has 0 bridgehead atoms. The van der Waals surface area contributed by atoms with Gasteiger partial charge in [0.2, 0.25) is 0 Å². The summed E-state index contributed by atoms with van der Waals surface area (Å²) in [6.45, 7) is 6.21. The third kappa shape index (κ3) is 2.51. The molecule has 1 unspecified atom stereocenters. The second-order valence-electron chi connectivity index (χ2n) is 3.70. The Balaban J connectivity index is 2.87. The van der Waals surface area contributed by atoms with Crippen LogP contribution in [0.2, 0.25) is 0 Å². The highest BCUT2D eigenvalue weighted by Crippen LogP contribution is 2.20. The van der Waals surface area contributed by atoms with Gasteiger partial charge >= 0.3 is 0 Å². The lowest BCUT2D eigenvalue weighted by molar-refractivity contribution is 0.802. The normalized spacial score (nSPS) is 12.3. The molecule has 0 radical (unpaired) electrons. The minimum Gasteiger partial charge on any atom is -0.0862 e. The van der Waals surface area contributed by atoms with Crippen LogP contribution in [0.3, 0.4) is 0 Å². The standard InChI is InChI=1S/C11H15N3/c1-8(2)10-4-6-11(7-5-10)9(3)13-14-12/h4-9H,1-3H3. The summed E-state index contributed by atoms with van der Waals surface area (Å²) in [6, 6.07) is 8.14. The fourth-order valence-corrected chi connectivity index (χ4v) is 1.30. The number of azide groups is 1. The highest BCUT2D eigenvalue weighted by Gasteiger charge is 2.03. The van der Waals surface area contributed by atoms with Gasteiger partial charge in [0.05, 0.1) is 6.04 Å². The molecule has 1 aromatic carbocycles. The van der Waals surface area contributed by atoms with Crippen LogP contribution in [0.5, 0.6) is 0 Å². The summed E-state index contributed by atoms with van der Waals surface area (Å²) in [7, 11) is 0. The molecule has 0 fully saturated rings. The maximum Gasteiger partial charge on any atom is 0.0597 e. The Bertz CT molecular complexity index is 334. The summed E-state index contributed by atoms with van der Waals surface area (Å²) in [5.74, 6) is 0.541. The lowest BCUT2D eigenvalue weighted by atomic mass is 10.00. The van der Waals surface area contributed by atoms with E-state index in [1.54, 1.807) is 0 Å². The molecule has 0 saturated heterocycles. The van der Waals surface area contributed by atoms with Crippen molar-refractivity contribution in [2.45, 2.75) is 32.7 Å². The van der Waals surface area contributed by atoms with Gasteiger partial charge in [-0.1, -0.05) is 50.2 Å². The predicted molar refractivity (Wildman–Crippen MR) is 58.1 cm³/mol. The Labute approximate surface area is 84.4 Å². The van der Waals surface area contributed by atoms with E-state index in [0.717, 1.165) is 5.56 Å². The maximum absolute atomic E-state index is 8.30. The van der Waals surface area contributed by atoms with Gasteiger partial charge in [-0.2, -0.15) is 0 Å². The SMILES string of the molecule is CC(C)c1ccc(C(C)N=[N+]=[N-])cc1. The maximum atomic E-state index is 8.30. The summed E-state index contributed by atoms with van der Waals surface area (Å²) in [6.07, 6.45) is 0. The molecule has 0 aliphatic carbocycles. The molecular formula is C11H15N3. The van der Waals surface area contributed by atoms with Crippen LogP contribution in [0.1, 0.15) is 43.9 Å². The van der Waals surface area contributed by atoms with E-state index in [9.17, 15) is 0 Å². The molecule has 14 heavy (non-hydrogen) atoms. The number of rotatable bonds is 3. The third-order valence-corrected chi connectivity index (χ3v) is 2.31. The molecule has 0 heterocycles. The van der Waals surface area contributed by atoms with Gasteiger partial charge in [0.25, 0.3) is 0 Å². The van der Waals surface area contributed by atoms with Crippen molar-refractivity contribution in [3.63, 3.8) is 0 Å². The van der Waals surface area contributed by atoms with Crippen LogP contribution in [-0.2, 0) is 0 Å². The molecule has 0 N–H and O–H groups in total. The minimum atomic E-state index is -0.0822. The summed E-state index contributed by atoms with van der Waals surface area (Å²) in [5.41, 5.74) is 10.7. The molecule has 0 aromatic heterocycles. The third-order valence-electron chi connectivity index (χ3n) is 2.31. The van der Waals surface area contributed by atoms with E-state index >= 15 is 0 Å². The molecule has 1 atom stereocenters. The number of nitrogens with zero attached hydrogens (tertiary/aromatic N) is 3. The highest BCUT2D eigenvalue weighted by molar-refractivity contribution is 5.26. The largest absolute Gasteiger partial charge is 0.0862 e. The Hall–Kier alpha value is -1.47. The van der Waals surface area contributed by atoms with Crippen molar-refractivity contribution in [3.05, 3.63) is 45.8 Å². The first-order valence-corrected chi connectivity index (χ1v) is 4.79. The van der Waals surface area contributed by atoms with Gasteiger partial charge in [-0.15, -0.1) is 0 Å². The van der Waals surface area contributed by atoms with Crippen molar-refractivity contribution in [2.75, 3.05) is 0 Å². The fraction of sp³-hybridized carbons (Fsp3) is 0.455. The van der Waals surface area contributed by atoms with E-state index in [4.69, 9.17) is 5.53 Å². The van der Waals surface area contributed by atoms with Crippen LogP contribution in [0.4, 0.5) is 0 Å². The van der Waals surface area contributed by atoms with Gasteiger partial charge in [0, 0.05) is 4.91 Å². The van der Waals surface area contributed by atoms with E-state index < -0.39 is 0 Å². The second kappa shape index (κ2) is 4.68. The van der Waals surface area contributed by atoms with Crippen LogP contribution in [0.15, 0.2) is 29.4 Å². The lowest BCUT2D eigenvalue weighted by Gasteiger charge is -2.08. The zero-order valence-corrected chi connectivity index (χ0v) is 8.81. The summed E-state index contributed by atoms with van der Waals surface area (Å²) in [5, 5.41) is 3.65. The Kier molecular flexibility index (Phi) is 3.55. The number of benzene rings is 1. The zero-order chi connectivity index (χ0) is 10.6. The molecule has 1 rings (SSSR count). The van der Waals surface area contributed by atoms with E-state index in [1.807, 2.05) is 19.1 Å². The molecule has 0 aliphatic heterocycles. The van der Waals surface area contributed by atoms with Crippen LogP contribution >= 0.6 is 0 Å². The van der Waals surface area contributed by atoms with Crippen molar-refractivity contribution in [1.29, 1.82) is 0 Å². The second-order valence-corrected chi connectivity index (χ2v) is 3.70. The Morgan fingerprint density at radius 1 is 1.07 bits per heavy atom. The minimum absolute atomic E-state index is 0.0822. The average Bonchev–Trinajstić information content (AvgIpc) is 2.18. The van der Waals surface area contributed by atoms with Crippen LogP contribution in [0, 0.1) is 0 Å². The number of hydrogen-bond acceptors (Lipinski definition) is 1. The fourth-order valence-electron chi connectivity index (χ4n) is 1.30. The molecule has 0 aliphatic rings. The van der Waals surface area contributed by atoms with Crippen molar-refractivity contribution in [3.8, 4) is 0 Å². The van der Waals surface area contributed by atoms with Gasteiger partial charge in [-0.05, 0) is 22.6 Å². The first-order valence-electron chi connectivity index (χ1n) is 4.79. The van der Waals surface area contributed by atoms with E-state index in [2.05, 4.69) is 36.0 Å². The van der Waals surface area contributed by atoms with Gasteiger partial charge < -0.3 is 0 Å². The lowest BCUT2D eigenvalue weighted by Crippen LogP contribution is -1.91. The molecule has 3 heteroatoms. The first-order chi connectivity index (χ1) is 6.65. The van der Waals surface area contributed by atoms with Crippen LogP contribution in [0.25, 0.3) is 10.4 Å². The summed E-state index contributed by atoms with van der Waals surface area (Å²) < 4.78 is 0. The molecule has 1 aromatic rings. The van der Waals surface area contributed by atoms with Gasteiger partial charge in [-0.25, -0.2) is 0 Å². The average molecular weight is 189 g/mol. The predicted octanol–water partition coefficient (Wildman–Crippen LogP) is 4.18. The van der Waals surface area contributed by atoms with Gasteiger partial charge in [-0.3, -0.25) is 0 Å². The number of hydrogen-bond donors (Lipinski definition) is 0. The van der Waals surface area contributed by atoms with Gasteiger partial charge in [0.1, 0.15) is 0 Å². The monoisotopic (exact) mass is 189 g/mol. The van der Waals surface area contributed by atoms with Crippen LogP contribution in [-0.4, -0.2) is 0 Å². The van der Waals surface area contributed by atoms with Crippen LogP contribution < -0.4 is 0 Å². The van der Waals surface area contributed by atoms with E-state index in [-0.39, 0.29) is 6.04 Å².